The minimum absolute atomic E-state index is 0.0820. The number of rotatable bonds is 1. The van der Waals surface area contributed by atoms with E-state index in [1.165, 1.54) is 6.42 Å². The van der Waals surface area contributed by atoms with Crippen molar-refractivity contribution in [1.29, 1.82) is 0 Å². The van der Waals surface area contributed by atoms with Gasteiger partial charge in [-0.2, -0.15) is 15.4 Å². The van der Waals surface area contributed by atoms with E-state index in [1.54, 1.807) is 0 Å². The van der Waals surface area contributed by atoms with E-state index in [2.05, 4.69) is 29.3 Å². The van der Waals surface area contributed by atoms with Crippen LogP contribution >= 0.6 is 0 Å². The lowest BCUT2D eigenvalue weighted by Crippen LogP contribution is -2.34. The second kappa shape index (κ2) is 8.16. The zero-order chi connectivity index (χ0) is 19.4. The number of carbonyl (C=O) groups is 1. The van der Waals surface area contributed by atoms with Crippen LogP contribution in [-0.4, -0.2) is 21.3 Å². The van der Waals surface area contributed by atoms with Crippen LogP contribution in [0, 0.1) is 5.92 Å². The van der Waals surface area contributed by atoms with Crippen LogP contribution in [-0.2, 0) is 11.3 Å². The number of hydrogen-bond acceptors (Lipinski definition) is 3. The molecule has 3 aromatic rings. The molecule has 0 saturated heterocycles. The Morgan fingerprint density at radius 3 is 2.22 bits per heavy atom. The Bertz CT molecular complexity index is 929. The van der Waals surface area contributed by atoms with Crippen molar-refractivity contribution in [3.63, 3.8) is 0 Å². The molecule has 0 fully saturated rings. The van der Waals surface area contributed by atoms with Crippen molar-refractivity contribution in [2.75, 3.05) is 4.90 Å². The van der Waals surface area contributed by atoms with Gasteiger partial charge in [-0.05, 0) is 11.6 Å². The lowest BCUT2D eigenvalue weighted by Gasteiger charge is -2.29. The molecule has 4 rings (SSSR count). The molecule has 5 nitrogen and oxygen atoms in total. The average molecular weight is 362 g/mol. The molecule has 0 radical (unpaired) electrons. The number of nitrogens with zero attached hydrogens (tertiary/aromatic N) is 3. The Hall–Kier alpha value is -2.95. The fraction of sp³-hybridized carbons (Fsp3) is 0.318. The molecular weight excluding hydrogens is 336 g/mol. The zero-order valence-electron chi connectivity index (χ0n) is 16.4. The first-order chi connectivity index (χ1) is 13.1. The number of amides is 1. The summed E-state index contributed by atoms with van der Waals surface area (Å²) in [5, 5.41) is 11.5. The lowest BCUT2D eigenvalue weighted by atomic mass is 9.95. The molecule has 0 bridgehead atoms. The Kier molecular flexibility index (Phi) is 5.69. The molecule has 140 valence electrons. The molecule has 2 heterocycles. The molecular formula is C22H26N4O. The van der Waals surface area contributed by atoms with Crippen LogP contribution in [0.3, 0.4) is 0 Å². The molecule has 0 aliphatic carbocycles. The Labute approximate surface area is 160 Å². The molecule has 1 aromatic heterocycles. The number of aromatic nitrogens is 3. The van der Waals surface area contributed by atoms with Gasteiger partial charge in [0.15, 0.2) is 0 Å². The summed E-state index contributed by atoms with van der Waals surface area (Å²) in [4.78, 5) is 14.7. The van der Waals surface area contributed by atoms with E-state index < -0.39 is 0 Å². The molecule has 0 atom stereocenters. The van der Waals surface area contributed by atoms with Gasteiger partial charge >= 0.3 is 0 Å². The van der Waals surface area contributed by atoms with Gasteiger partial charge in [0.25, 0.3) is 0 Å². The second-order valence-electron chi connectivity index (χ2n) is 6.98. The van der Waals surface area contributed by atoms with Gasteiger partial charge in [-0.3, -0.25) is 4.79 Å². The van der Waals surface area contributed by atoms with Crippen LogP contribution in [0.15, 0.2) is 48.5 Å². The predicted octanol–water partition coefficient (Wildman–Crippen LogP) is 5.06. The highest BCUT2D eigenvalue weighted by molar-refractivity contribution is 6.00. The first-order valence-corrected chi connectivity index (χ1v) is 9.48. The van der Waals surface area contributed by atoms with E-state index in [1.807, 2.05) is 67.3 Å². The summed E-state index contributed by atoms with van der Waals surface area (Å²) >= 11 is 0. The second-order valence-corrected chi connectivity index (χ2v) is 6.98. The average Bonchev–Trinajstić information content (AvgIpc) is 3.14. The predicted molar refractivity (Wildman–Crippen MR) is 109 cm³/mol. The van der Waals surface area contributed by atoms with Crippen molar-refractivity contribution in [1.82, 2.24) is 15.4 Å². The number of nitrogens with one attached hydrogen (secondary N) is 1. The Morgan fingerprint density at radius 1 is 1.00 bits per heavy atom. The number of hydrogen-bond donors (Lipinski definition) is 1. The highest BCUT2D eigenvalue weighted by Crippen LogP contribution is 2.40. The normalized spacial score (nSPS) is 12.1. The van der Waals surface area contributed by atoms with Gasteiger partial charge in [0.1, 0.15) is 11.4 Å². The summed E-state index contributed by atoms with van der Waals surface area (Å²) in [6.07, 6.45) is 1.25. The summed E-state index contributed by atoms with van der Waals surface area (Å²) in [6, 6.07) is 15.9. The van der Waals surface area contributed by atoms with Crippen LogP contribution in [0.4, 0.5) is 5.69 Å². The maximum atomic E-state index is 12.9. The smallest absolute Gasteiger partial charge is 0.229 e. The molecule has 1 N–H and O–H groups in total. The van der Waals surface area contributed by atoms with Crippen molar-refractivity contribution < 1.29 is 4.79 Å². The maximum Gasteiger partial charge on any atom is 0.229 e. The van der Waals surface area contributed by atoms with Crippen LogP contribution < -0.4 is 4.90 Å². The van der Waals surface area contributed by atoms with Gasteiger partial charge in [0.2, 0.25) is 5.91 Å². The number of fused-ring (bicyclic) bond motifs is 5. The number of benzene rings is 2. The molecule has 1 aliphatic rings. The maximum absolute atomic E-state index is 12.9. The summed E-state index contributed by atoms with van der Waals surface area (Å²) in [6.45, 7) is 8.63. The summed E-state index contributed by atoms with van der Waals surface area (Å²) < 4.78 is 0. The number of H-pyrrole nitrogens is 1. The Morgan fingerprint density at radius 2 is 1.56 bits per heavy atom. The number of para-hydroxylation sites is 1. The summed E-state index contributed by atoms with van der Waals surface area (Å²) in [5.74, 6) is 0.0191. The monoisotopic (exact) mass is 362 g/mol. The molecule has 0 unspecified atom stereocenters. The minimum Gasteiger partial charge on any atom is -0.307 e. The van der Waals surface area contributed by atoms with Gasteiger partial charge in [0.05, 0.1) is 12.2 Å². The minimum atomic E-state index is -0.0820. The lowest BCUT2D eigenvalue weighted by molar-refractivity contribution is -0.121. The highest BCUT2D eigenvalue weighted by Gasteiger charge is 2.28. The zero-order valence-corrected chi connectivity index (χ0v) is 16.4. The quantitative estimate of drug-likeness (QED) is 0.658. The van der Waals surface area contributed by atoms with Gasteiger partial charge in [-0.1, -0.05) is 76.6 Å². The van der Waals surface area contributed by atoms with E-state index >= 15 is 0 Å². The summed E-state index contributed by atoms with van der Waals surface area (Å²) in [7, 11) is 0. The third-order valence-corrected chi connectivity index (χ3v) is 4.36. The van der Waals surface area contributed by atoms with Crippen molar-refractivity contribution in [2.45, 2.75) is 40.7 Å². The van der Waals surface area contributed by atoms with Crippen molar-refractivity contribution >= 4 is 11.6 Å². The third-order valence-electron chi connectivity index (χ3n) is 4.36. The molecule has 1 amide bonds. The van der Waals surface area contributed by atoms with Crippen LogP contribution in [0.25, 0.3) is 22.5 Å². The van der Waals surface area contributed by atoms with Gasteiger partial charge in [-0.25, -0.2) is 0 Å². The summed E-state index contributed by atoms with van der Waals surface area (Å²) in [5.41, 5.74) is 5.48. The molecule has 2 aromatic carbocycles. The molecule has 27 heavy (non-hydrogen) atoms. The topological polar surface area (TPSA) is 61.9 Å². The molecule has 0 saturated carbocycles. The molecule has 0 spiro atoms. The highest BCUT2D eigenvalue weighted by atomic mass is 16.2. The van der Waals surface area contributed by atoms with E-state index in [4.69, 9.17) is 0 Å². The third kappa shape index (κ3) is 3.63. The Balaban J connectivity index is 0.000000659. The van der Waals surface area contributed by atoms with Gasteiger partial charge < -0.3 is 4.90 Å². The van der Waals surface area contributed by atoms with E-state index in [0.29, 0.717) is 6.54 Å². The number of anilines is 1. The van der Waals surface area contributed by atoms with E-state index in [9.17, 15) is 4.79 Å². The molecule has 5 heteroatoms. The largest absolute Gasteiger partial charge is 0.307 e. The SMILES string of the molecule is CC(C)C(=O)N1Cc2ccccc2-c2n[nH]nc2-c2ccccc21.CCC. The van der Waals surface area contributed by atoms with Gasteiger partial charge in [-0.15, -0.1) is 0 Å². The van der Waals surface area contributed by atoms with Crippen LogP contribution in [0.5, 0.6) is 0 Å². The number of aromatic amines is 1. The fourth-order valence-corrected chi connectivity index (χ4v) is 3.17. The van der Waals surface area contributed by atoms with E-state index in [0.717, 1.165) is 33.8 Å². The van der Waals surface area contributed by atoms with Crippen molar-refractivity contribution in [3.8, 4) is 22.5 Å². The fourth-order valence-electron chi connectivity index (χ4n) is 3.17. The first-order valence-electron chi connectivity index (χ1n) is 9.48. The first kappa shape index (κ1) is 18.8. The van der Waals surface area contributed by atoms with Crippen LogP contribution in [0.2, 0.25) is 0 Å². The van der Waals surface area contributed by atoms with Crippen molar-refractivity contribution in [3.05, 3.63) is 54.1 Å². The van der Waals surface area contributed by atoms with E-state index in [-0.39, 0.29) is 11.8 Å². The molecule has 1 aliphatic heterocycles. The van der Waals surface area contributed by atoms with Gasteiger partial charge in [0, 0.05) is 17.0 Å². The van der Waals surface area contributed by atoms with Crippen molar-refractivity contribution in [2.24, 2.45) is 5.92 Å². The van der Waals surface area contributed by atoms with Crippen LogP contribution in [0.1, 0.15) is 39.7 Å². The standard InChI is InChI=1S/C19H18N4O.C3H8/c1-12(2)19(24)23-11-13-7-3-4-8-14(13)17-18(21-22-20-17)15-9-5-6-10-16(15)23;1-3-2/h3-10,12H,11H2,1-2H3,(H,20,21,22);3H2,1-2H3. The number of carbonyl (C=O) groups excluding carboxylic acids is 1.